The average Bonchev–Trinajstić information content (AvgIpc) is 3.06. The first-order valence-corrected chi connectivity index (χ1v) is 11.6. The number of imide groups is 1. The van der Waals surface area contributed by atoms with Crippen molar-refractivity contribution in [2.45, 2.75) is 10.2 Å². The van der Waals surface area contributed by atoms with Crippen LogP contribution in [0.5, 0.6) is 0 Å². The smallest absolute Gasteiger partial charge is 0.274 e. The van der Waals surface area contributed by atoms with Gasteiger partial charge in [-0.2, -0.15) is 0 Å². The standard InChI is InChI=1S/C24H14Br2N2O4/c25-12-9-10-17(18(11-12)28(31)32)27-22(29)20-19-13-5-1-3-7-15(13)24(26,21(20)23(27)30)16-8-4-2-6-14(16)19/h1-11,19-21H/t19?,20-,21-,24?/m1/s1. The van der Waals surface area contributed by atoms with Crippen LogP contribution in [0.1, 0.15) is 28.2 Å². The van der Waals surface area contributed by atoms with Crippen LogP contribution in [0.25, 0.3) is 0 Å². The van der Waals surface area contributed by atoms with Crippen molar-refractivity contribution in [2.24, 2.45) is 11.8 Å². The predicted octanol–water partition coefficient (Wildman–Crippen LogP) is 5.26. The van der Waals surface area contributed by atoms with E-state index in [1.54, 1.807) is 6.07 Å². The van der Waals surface area contributed by atoms with Crippen molar-refractivity contribution >= 4 is 55.0 Å². The number of amides is 2. The molecule has 2 bridgehead atoms. The topological polar surface area (TPSA) is 80.5 Å². The Morgan fingerprint density at radius 3 is 2.09 bits per heavy atom. The molecule has 1 saturated heterocycles. The highest BCUT2D eigenvalue weighted by molar-refractivity contribution is 9.10. The van der Waals surface area contributed by atoms with Gasteiger partial charge < -0.3 is 0 Å². The first kappa shape index (κ1) is 19.8. The molecule has 1 fully saturated rings. The molecule has 2 atom stereocenters. The van der Waals surface area contributed by atoms with Crippen molar-refractivity contribution in [1.82, 2.24) is 0 Å². The van der Waals surface area contributed by atoms with E-state index in [0.717, 1.165) is 27.2 Å². The van der Waals surface area contributed by atoms with Gasteiger partial charge in [-0.25, -0.2) is 4.90 Å². The molecule has 0 radical (unpaired) electrons. The Hall–Kier alpha value is -2.84. The van der Waals surface area contributed by atoms with E-state index in [2.05, 4.69) is 31.9 Å². The lowest BCUT2D eigenvalue weighted by molar-refractivity contribution is -0.384. The first-order chi connectivity index (χ1) is 15.4. The van der Waals surface area contributed by atoms with E-state index < -0.39 is 32.9 Å². The number of anilines is 1. The number of carbonyl (C=O) groups is 2. The second kappa shape index (κ2) is 6.59. The number of carbonyl (C=O) groups excluding carboxylic acids is 2. The molecule has 7 rings (SSSR count). The number of halogens is 2. The molecule has 3 aromatic rings. The number of alkyl halides is 1. The fraction of sp³-hybridized carbons (Fsp3) is 0.167. The van der Waals surface area contributed by atoms with Gasteiger partial charge in [0.25, 0.3) is 5.69 Å². The molecule has 0 saturated carbocycles. The van der Waals surface area contributed by atoms with E-state index in [1.807, 2.05) is 48.5 Å². The molecule has 6 nitrogen and oxygen atoms in total. The highest BCUT2D eigenvalue weighted by atomic mass is 79.9. The van der Waals surface area contributed by atoms with Crippen LogP contribution >= 0.6 is 31.9 Å². The summed E-state index contributed by atoms with van der Waals surface area (Å²) in [6.45, 7) is 0. The molecule has 158 valence electrons. The summed E-state index contributed by atoms with van der Waals surface area (Å²) in [5.74, 6) is -2.45. The van der Waals surface area contributed by atoms with E-state index in [1.165, 1.54) is 12.1 Å². The molecular formula is C24H14Br2N2O4. The summed E-state index contributed by atoms with van der Waals surface area (Å²) in [7, 11) is 0. The van der Waals surface area contributed by atoms with Gasteiger partial charge in [0.15, 0.2) is 0 Å². The molecule has 0 N–H and O–H groups in total. The van der Waals surface area contributed by atoms with Crippen LogP contribution < -0.4 is 4.90 Å². The van der Waals surface area contributed by atoms with Crippen molar-refractivity contribution in [1.29, 1.82) is 0 Å². The Kier molecular flexibility index (Phi) is 4.08. The maximum atomic E-state index is 13.9. The third-order valence-electron chi connectivity index (χ3n) is 6.89. The summed E-state index contributed by atoms with van der Waals surface area (Å²) in [4.78, 5) is 39.9. The number of rotatable bonds is 2. The maximum Gasteiger partial charge on any atom is 0.294 e. The molecule has 0 aromatic heterocycles. The lowest BCUT2D eigenvalue weighted by atomic mass is 9.55. The zero-order valence-electron chi connectivity index (χ0n) is 16.4. The number of nitro benzene ring substituents is 1. The third-order valence-corrected chi connectivity index (χ3v) is 8.73. The van der Waals surface area contributed by atoms with E-state index in [-0.39, 0.29) is 17.3 Å². The van der Waals surface area contributed by atoms with Crippen LogP contribution in [0.15, 0.2) is 71.2 Å². The molecule has 2 amide bonds. The summed E-state index contributed by atoms with van der Waals surface area (Å²) in [5, 5.41) is 11.7. The summed E-state index contributed by atoms with van der Waals surface area (Å²) in [5.41, 5.74) is 3.68. The molecule has 4 aliphatic rings. The lowest BCUT2D eigenvalue weighted by Gasteiger charge is -2.51. The zero-order chi connectivity index (χ0) is 22.4. The molecule has 3 aliphatic carbocycles. The minimum absolute atomic E-state index is 0.00575. The molecule has 32 heavy (non-hydrogen) atoms. The first-order valence-electron chi connectivity index (χ1n) is 10.0. The highest BCUT2D eigenvalue weighted by Gasteiger charge is 2.68. The summed E-state index contributed by atoms with van der Waals surface area (Å²) < 4.78 is -0.382. The average molecular weight is 554 g/mol. The largest absolute Gasteiger partial charge is 0.294 e. The number of hydrogen-bond acceptors (Lipinski definition) is 4. The van der Waals surface area contributed by atoms with Gasteiger partial charge in [-0.1, -0.05) is 80.4 Å². The highest BCUT2D eigenvalue weighted by Crippen LogP contribution is 2.66. The van der Waals surface area contributed by atoms with Crippen LogP contribution in [0.4, 0.5) is 11.4 Å². The van der Waals surface area contributed by atoms with Crippen LogP contribution in [0, 0.1) is 22.0 Å². The Morgan fingerprint density at radius 1 is 0.906 bits per heavy atom. The van der Waals surface area contributed by atoms with Crippen LogP contribution in [-0.2, 0) is 13.9 Å². The van der Waals surface area contributed by atoms with E-state index in [0.29, 0.717) is 4.47 Å². The van der Waals surface area contributed by atoms with Gasteiger partial charge in [-0.3, -0.25) is 19.7 Å². The Balaban J connectivity index is 1.61. The molecule has 8 heteroatoms. The van der Waals surface area contributed by atoms with Crippen LogP contribution in [-0.4, -0.2) is 16.7 Å². The van der Waals surface area contributed by atoms with E-state index >= 15 is 0 Å². The molecule has 1 aliphatic heterocycles. The lowest BCUT2D eigenvalue weighted by Crippen LogP contribution is -2.50. The normalized spacial score (nSPS) is 27.2. The van der Waals surface area contributed by atoms with E-state index in [9.17, 15) is 19.7 Å². The Morgan fingerprint density at radius 2 is 1.50 bits per heavy atom. The molecule has 1 heterocycles. The minimum Gasteiger partial charge on any atom is -0.274 e. The van der Waals surface area contributed by atoms with Gasteiger partial charge >= 0.3 is 0 Å². The molecule has 0 unspecified atom stereocenters. The molecule has 3 aromatic carbocycles. The molecule has 0 spiro atoms. The fourth-order valence-electron chi connectivity index (χ4n) is 5.75. The maximum absolute atomic E-state index is 13.9. The minimum atomic E-state index is -0.884. The fourth-order valence-corrected chi connectivity index (χ4v) is 7.30. The summed E-state index contributed by atoms with van der Waals surface area (Å²) in [6, 6.07) is 20.1. The Labute approximate surface area is 199 Å². The van der Waals surface area contributed by atoms with Gasteiger partial charge in [0.1, 0.15) is 5.69 Å². The van der Waals surface area contributed by atoms with Gasteiger partial charge in [-0.05, 0) is 34.4 Å². The quantitative estimate of drug-likeness (QED) is 0.188. The Bertz CT molecular complexity index is 1320. The van der Waals surface area contributed by atoms with Gasteiger partial charge in [0.2, 0.25) is 11.8 Å². The SMILES string of the molecule is O=C1[C@@H]2C3c4ccccc4C(Br)(c4ccccc43)[C@H]2C(=O)N1c1ccc(Br)cc1[N+](=O)[O-]. The monoisotopic (exact) mass is 552 g/mol. The van der Waals surface area contributed by atoms with Gasteiger partial charge in [0, 0.05) is 16.5 Å². The van der Waals surface area contributed by atoms with Crippen molar-refractivity contribution in [2.75, 3.05) is 4.90 Å². The van der Waals surface area contributed by atoms with Crippen molar-refractivity contribution < 1.29 is 14.5 Å². The number of nitrogens with zero attached hydrogens (tertiary/aromatic N) is 2. The number of hydrogen-bond donors (Lipinski definition) is 0. The summed E-state index contributed by atoms with van der Waals surface area (Å²) >= 11 is 7.16. The second-order valence-corrected chi connectivity index (χ2v) is 10.4. The second-order valence-electron chi connectivity index (χ2n) is 8.27. The number of benzene rings is 3. The van der Waals surface area contributed by atoms with Crippen molar-refractivity contribution in [3.8, 4) is 0 Å². The van der Waals surface area contributed by atoms with Crippen LogP contribution in [0.2, 0.25) is 0 Å². The van der Waals surface area contributed by atoms with Crippen molar-refractivity contribution in [3.05, 3.63) is 104 Å². The van der Waals surface area contributed by atoms with Gasteiger partial charge in [-0.15, -0.1) is 0 Å². The van der Waals surface area contributed by atoms with Crippen LogP contribution in [0.3, 0.4) is 0 Å². The van der Waals surface area contributed by atoms with E-state index in [4.69, 9.17) is 0 Å². The summed E-state index contributed by atoms with van der Waals surface area (Å²) in [6.07, 6.45) is 0. The molecular weight excluding hydrogens is 540 g/mol. The number of nitro groups is 1. The van der Waals surface area contributed by atoms with Gasteiger partial charge in [0.05, 0.1) is 21.1 Å². The predicted molar refractivity (Wildman–Crippen MR) is 125 cm³/mol. The third kappa shape index (κ3) is 2.29. The van der Waals surface area contributed by atoms with Crippen molar-refractivity contribution in [3.63, 3.8) is 0 Å². The zero-order valence-corrected chi connectivity index (χ0v) is 19.5.